The zero-order valence-electron chi connectivity index (χ0n) is 11.7. The van der Waals surface area contributed by atoms with Gasteiger partial charge < -0.3 is 14.4 Å². The van der Waals surface area contributed by atoms with Crippen molar-refractivity contribution >= 4 is 10.0 Å². The van der Waals surface area contributed by atoms with Crippen LogP contribution >= 0.6 is 0 Å². The maximum Gasteiger partial charge on any atom is 0.242 e. The first-order valence-electron chi connectivity index (χ1n) is 6.97. The van der Waals surface area contributed by atoms with E-state index in [2.05, 4.69) is 4.72 Å². The van der Waals surface area contributed by atoms with E-state index < -0.39 is 10.0 Å². The Labute approximate surface area is 119 Å². The molecular formula is C13H22N2O4S. The van der Waals surface area contributed by atoms with Crippen molar-refractivity contribution in [2.24, 2.45) is 0 Å². The largest absolute Gasteiger partial charge is 0.390 e. The summed E-state index contributed by atoms with van der Waals surface area (Å²) in [7, 11) is -3.53. The highest BCUT2D eigenvalue weighted by Crippen LogP contribution is 2.17. The minimum atomic E-state index is -3.53. The molecule has 114 valence electrons. The van der Waals surface area contributed by atoms with Crippen molar-refractivity contribution in [3.05, 3.63) is 18.0 Å². The van der Waals surface area contributed by atoms with Crippen LogP contribution in [0.2, 0.25) is 0 Å². The van der Waals surface area contributed by atoms with Gasteiger partial charge in [-0.2, -0.15) is 0 Å². The lowest BCUT2D eigenvalue weighted by Crippen LogP contribution is -2.38. The van der Waals surface area contributed by atoms with Crippen LogP contribution in [0.25, 0.3) is 0 Å². The van der Waals surface area contributed by atoms with Crippen molar-refractivity contribution in [1.82, 2.24) is 9.29 Å². The van der Waals surface area contributed by atoms with Gasteiger partial charge >= 0.3 is 0 Å². The Kier molecular flexibility index (Phi) is 5.20. The van der Waals surface area contributed by atoms with Crippen LogP contribution in [0.15, 0.2) is 17.2 Å². The number of aliphatic hydroxyl groups is 1. The Hall–Kier alpha value is -0.890. The van der Waals surface area contributed by atoms with Gasteiger partial charge in [-0.3, -0.25) is 0 Å². The van der Waals surface area contributed by atoms with Crippen LogP contribution < -0.4 is 4.72 Å². The van der Waals surface area contributed by atoms with Crippen molar-refractivity contribution in [1.29, 1.82) is 0 Å². The maximum absolute atomic E-state index is 12.3. The molecule has 1 aliphatic rings. The van der Waals surface area contributed by atoms with Crippen molar-refractivity contribution in [3.8, 4) is 0 Å². The van der Waals surface area contributed by atoms with E-state index in [9.17, 15) is 13.5 Å². The highest BCUT2D eigenvalue weighted by Gasteiger charge is 2.23. The van der Waals surface area contributed by atoms with Gasteiger partial charge in [0.25, 0.3) is 0 Å². The molecule has 2 rings (SSSR count). The average molecular weight is 302 g/mol. The van der Waals surface area contributed by atoms with Crippen LogP contribution in [0, 0.1) is 0 Å². The summed E-state index contributed by atoms with van der Waals surface area (Å²) in [5.74, 6) is 0. The number of hydrogen-bond donors (Lipinski definition) is 2. The molecule has 2 N–H and O–H groups in total. The number of ether oxygens (including phenoxy) is 1. The van der Waals surface area contributed by atoms with E-state index in [1.54, 1.807) is 10.8 Å². The second-order valence-corrected chi connectivity index (χ2v) is 6.74. The van der Waals surface area contributed by atoms with Gasteiger partial charge in [-0.1, -0.05) is 6.92 Å². The van der Waals surface area contributed by atoms with Crippen LogP contribution in [0.4, 0.5) is 0 Å². The van der Waals surface area contributed by atoms with E-state index in [-0.39, 0.29) is 17.5 Å². The molecular weight excluding hydrogens is 280 g/mol. The Morgan fingerprint density at radius 2 is 2.15 bits per heavy atom. The van der Waals surface area contributed by atoms with Gasteiger partial charge in [0.2, 0.25) is 10.0 Å². The average Bonchev–Trinajstić information content (AvgIpc) is 2.84. The van der Waals surface area contributed by atoms with Crippen LogP contribution in [-0.4, -0.2) is 37.3 Å². The summed E-state index contributed by atoms with van der Waals surface area (Å²) in [6, 6.07) is 1.47. The molecule has 0 radical (unpaired) electrons. The molecule has 7 heteroatoms. The molecule has 0 aliphatic carbocycles. The third kappa shape index (κ3) is 3.60. The molecule has 0 amide bonds. The van der Waals surface area contributed by atoms with Gasteiger partial charge in [-0.25, -0.2) is 13.1 Å². The van der Waals surface area contributed by atoms with Crippen molar-refractivity contribution in [2.75, 3.05) is 13.2 Å². The fourth-order valence-corrected chi connectivity index (χ4v) is 3.72. The van der Waals surface area contributed by atoms with E-state index in [1.807, 2.05) is 6.92 Å². The topological polar surface area (TPSA) is 80.6 Å². The molecule has 0 saturated carbocycles. The van der Waals surface area contributed by atoms with Gasteiger partial charge in [0.1, 0.15) is 0 Å². The van der Waals surface area contributed by atoms with Crippen molar-refractivity contribution in [2.45, 2.75) is 50.3 Å². The molecule has 1 saturated heterocycles. The molecule has 20 heavy (non-hydrogen) atoms. The van der Waals surface area contributed by atoms with Crippen LogP contribution in [0.3, 0.4) is 0 Å². The van der Waals surface area contributed by atoms with Gasteiger partial charge in [-0.15, -0.1) is 0 Å². The minimum absolute atomic E-state index is 0.0687. The molecule has 2 heterocycles. The van der Waals surface area contributed by atoms with Crippen molar-refractivity contribution in [3.63, 3.8) is 0 Å². The third-order valence-corrected chi connectivity index (χ3v) is 4.93. The Bertz CT molecular complexity index is 533. The number of nitrogens with zero attached hydrogens (tertiary/aromatic N) is 1. The second kappa shape index (κ2) is 6.71. The summed E-state index contributed by atoms with van der Waals surface area (Å²) >= 11 is 0. The molecule has 0 aromatic carbocycles. The minimum Gasteiger partial charge on any atom is -0.390 e. The first-order valence-corrected chi connectivity index (χ1v) is 8.45. The number of aromatic nitrogens is 1. The fraction of sp³-hybridized carbons (Fsp3) is 0.692. The number of hydrogen-bond acceptors (Lipinski definition) is 4. The third-order valence-electron chi connectivity index (χ3n) is 3.44. The zero-order chi connectivity index (χ0) is 14.6. The summed E-state index contributed by atoms with van der Waals surface area (Å²) < 4.78 is 34.4. The zero-order valence-corrected chi connectivity index (χ0v) is 12.5. The summed E-state index contributed by atoms with van der Waals surface area (Å²) in [6.45, 7) is 3.73. The molecule has 6 nitrogen and oxygen atoms in total. The summed E-state index contributed by atoms with van der Waals surface area (Å²) in [5.41, 5.74) is 0.624. The number of nitrogens with one attached hydrogen (secondary N) is 1. The molecule has 1 aromatic heterocycles. The molecule has 1 aromatic rings. The second-order valence-electron chi connectivity index (χ2n) is 5.03. The normalized spacial score (nSPS) is 17.5. The number of sulfonamides is 1. The fourth-order valence-electron chi connectivity index (χ4n) is 2.36. The van der Waals surface area contributed by atoms with Crippen LogP contribution in [-0.2, 0) is 27.9 Å². The Morgan fingerprint density at radius 1 is 1.45 bits per heavy atom. The smallest absolute Gasteiger partial charge is 0.242 e. The number of aliphatic hydroxyl groups excluding tert-OH is 1. The highest BCUT2D eigenvalue weighted by atomic mass is 32.2. The number of rotatable bonds is 6. The molecule has 0 bridgehead atoms. The molecule has 0 spiro atoms. The Morgan fingerprint density at radius 3 is 2.75 bits per heavy atom. The van der Waals surface area contributed by atoms with E-state index in [4.69, 9.17) is 4.74 Å². The van der Waals surface area contributed by atoms with E-state index in [1.165, 1.54) is 6.07 Å². The van der Waals surface area contributed by atoms with Gasteiger partial charge in [0, 0.05) is 37.7 Å². The lowest BCUT2D eigenvalue weighted by atomic mass is 10.1. The maximum atomic E-state index is 12.3. The van der Waals surface area contributed by atoms with Gasteiger partial charge in [-0.05, 0) is 25.3 Å². The first kappa shape index (κ1) is 15.5. The summed E-state index contributed by atoms with van der Waals surface area (Å²) in [6.07, 6.45) is 3.87. The van der Waals surface area contributed by atoms with Crippen molar-refractivity contribution < 1.29 is 18.3 Å². The van der Waals surface area contributed by atoms with E-state index >= 15 is 0 Å². The lowest BCUT2D eigenvalue weighted by Gasteiger charge is -2.22. The highest BCUT2D eigenvalue weighted by molar-refractivity contribution is 7.89. The van der Waals surface area contributed by atoms with Gasteiger partial charge in [0.05, 0.1) is 11.5 Å². The van der Waals surface area contributed by atoms with Crippen LogP contribution in [0.1, 0.15) is 31.9 Å². The molecule has 1 aliphatic heterocycles. The quantitative estimate of drug-likeness (QED) is 0.816. The summed E-state index contributed by atoms with van der Waals surface area (Å²) in [5, 5.41) is 9.29. The lowest BCUT2D eigenvalue weighted by molar-refractivity contribution is 0.0832. The van der Waals surface area contributed by atoms with Gasteiger partial charge in [0.15, 0.2) is 0 Å². The number of aryl methyl sites for hydroxylation is 1. The van der Waals surface area contributed by atoms with E-state index in [0.717, 1.165) is 6.42 Å². The first-order chi connectivity index (χ1) is 9.56. The predicted molar refractivity (Wildman–Crippen MR) is 74.8 cm³/mol. The Balaban J connectivity index is 2.15. The standard InChI is InChI=1S/C13H22N2O4S/c1-2-5-15-9-13(8-12(15)10-16)20(17,18)14-11-3-6-19-7-4-11/h8-9,11,14,16H,2-7,10H2,1H3. The molecule has 0 unspecified atom stereocenters. The van der Waals surface area contributed by atoms with Crippen LogP contribution in [0.5, 0.6) is 0 Å². The molecule has 0 atom stereocenters. The monoisotopic (exact) mass is 302 g/mol. The van der Waals surface area contributed by atoms with E-state index in [0.29, 0.717) is 38.3 Å². The predicted octanol–water partition coefficient (Wildman–Crippen LogP) is 0.848. The SMILES string of the molecule is CCCn1cc(S(=O)(=O)NC2CCOCC2)cc1CO. The summed E-state index contributed by atoms with van der Waals surface area (Å²) in [4.78, 5) is 0.224. The molecule has 1 fully saturated rings.